The summed E-state index contributed by atoms with van der Waals surface area (Å²) < 4.78 is 25.9. The normalized spacial score (nSPS) is 21.5. The van der Waals surface area contributed by atoms with Crippen LogP contribution in [0.3, 0.4) is 0 Å². The minimum atomic E-state index is -3.33. The average molecular weight is 477 g/mol. The first kappa shape index (κ1) is 21.3. The summed E-state index contributed by atoms with van der Waals surface area (Å²) in [5, 5.41) is 6.72. The molecule has 0 bridgehead atoms. The Morgan fingerprint density at radius 3 is 2.69 bits per heavy atom. The highest BCUT2D eigenvalue weighted by Crippen LogP contribution is 2.43. The van der Waals surface area contributed by atoms with E-state index in [1.54, 1.807) is 13.2 Å². The van der Waals surface area contributed by atoms with Crippen LogP contribution in [0.25, 0.3) is 11.1 Å². The van der Waals surface area contributed by atoms with Gasteiger partial charge in [0.1, 0.15) is 16.4 Å². The number of anilines is 3. The minimum Gasteiger partial charge on any atom is -0.382 e. The maximum atomic E-state index is 12.5. The molecule has 0 atom stereocenters. The third kappa shape index (κ3) is 3.28. The van der Waals surface area contributed by atoms with Crippen LogP contribution in [0.2, 0.25) is 5.02 Å². The van der Waals surface area contributed by atoms with Gasteiger partial charge in [-0.05, 0) is 36.1 Å². The van der Waals surface area contributed by atoms with Crippen molar-refractivity contribution in [1.29, 1.82) is 0 Å². The molecule has 3 aliphatic heterocycles. The number of halogens is 1. The standard InChI is InChI=1S/C21H25ClN6O3S/c1-27-16-3-2-13(10-14(16)12-32(27,30)31)15-11-25-19(23)17(22)18(15)28-8-4-21(5-9-28)20(29)24-6-7-26-21/h2-3,10-11,26H,4-9,12H2,1H3,(H2,23,25)(H,24,29). The first-order valence-electron chi connectivity index (χ1n) is 10.5. The summed E-state index contributed by atoms with van der Waals surface area (Å²) in [7, 11) is -1.77. The molecule has 1 aromatic heterocycles. The van der Waals surface area contributed by atoms with E-state index in [9.17, 15) is 13.2 Å². The van der Waals surface area contributed by atoms with Crippen molar-refractivity contribution in [1.82, 2.24) is 15.6 Å². The fourth-order valence-corrected chi connectivity index (χ4v) is 6.44. The molecule has 0 aliphatic carbocycles. The SMILES string of the molecule is CN1c2ccc(-c3cnc(N)c(Cl)c3N3CCC4(CC3)NCCNC4=O)cc2CS1(=O)=O. The maximum Gasteiger partial charge on any atom is 0.240 e. The summed E-state index contributed by atoms with van der Waals surface area (Å²) in [6, 6.07) is 5.57. The van der Waals surface area contributed by atoms with Crippen molar-refractivity contribution >= 4 is 44.7 Å². The van der Waals surface area contributed by atoms with Gasteiger partial charge in [-0.3, -0.25) is 9.10 Å². The van der Waals surface area contributed by atoms with Crippen molar-refractivity contribution in [2.24, 2.45) is 0 Å². The van der Waals surface area contributed by atoms with Gasteiger partial charge >= 0.3 is 0 Å². The van der Waals surface area contributed by atoms with Gasteiger partial charge in [-0.25, -0.2) is 13.4 Å². The second kappa shape index (κ2) is 7.50. The molecule has 1 aromatic carbocycles. The zero-order valence-corrected chi connectivity index (χ0v) is 19.3. The van der Waals surface area contributed by atoms with Crippen molar-refractivity contribution in [2.45, 2.75) is 24.1 Å². The van der Waals surface area contributed by atoms with Crippen molar-refractivity contribution < 1.29 is 13.2 Å². The highest BCUT2D eigenvalue weighted by molar-refractivity contribution is 7.92. The number of carbonyl (C=O) groups is 1. The molecule has 5 rings (SSSR count). The predicted molar refractivity (Wildman–Crippen MR) is 125 cm³/mol. The highest BCUT2D eigenvalue weighted by Gasteiger charge is 2.43. The number of amides is 1. The van der Waals surface area contributed by atoms with Gasteiger partial charge in [-0.2, -0.15) is 0 Å². The van der Waals surface area contributed by atoms with Crippen molar-refractivity contribution in [3.05, 3.63) is 35.0 Å². The quantitative estimate of drug-likeness (QED) is 0.597. The molecule has 0 saturated carbocycles. The summed E-state index contributed by atoms with van der Waals surface area (Å²) in [5.74, 6) is 0.251. The zero-order chi connectivity index (χ0) is 22.7. The molecule has 2 fully saturated rings. The van der Waals surface area contributed by atoms with Gasteiger partial charge in [-0.1, -0.05) is 17.7 Å². The maximum absolute atomic E-state index is 12.5. The van der Waals surface area contributed by atoms with Crippen LogP contribution in [0, 0.1) is 0 Å². The van der Waals surface area contributed by atoms with Crippen LogP contribution in [-0.2, 0) is 20.6 Å². The number of nitrogens with zero attached hydrogens (tertiary/aromatic N) is 3. The van der Waals surface area contributed by atoms with E-state index < -0.39 is 15.6 Å². The number of hydrogen-bond acceptors (Lipinski definition) is 7. The van der Waals surface area contributed by atoms with E-state index in [1.807, 2.05) is 18.2 Å². The Morgan fingerprint density at radius 1 is 1.22 bits per heavy atom. The number of fused-ring (bicyclic) bond motifs is 1. The molecule has 11 heteroatoms. The summed E-state index contributed by atoms with van der Waals surface area (Å²) in [6.45, 7) is 2.65. The Morgan fingerprint density at radius 2 is 1.97 bits per heavy atom. The Balaban J connectivity index is 1.51. The molecular weight excluding hydrogens is 452 g/mol. The number of pyridine rings is 1. The monoisotopic (exact) mass is 476 g/mol. The molecular formula is C21H25ClN6O3S. The van der Waals surface area contributed by atoms with Crippen LogP contribution >= 0.6 is 11.6 Å². The second-order valence-electron chi connectivity index (χ2n) is 8.54. The van der Waals surface area contributed by atoms with Gasteiger partial charge < -0.3 is 21.3 Å². The Bertz CT molecular complexity index is 1210. The number of carbonyl (C=O) groups excluding carboxylic acids is 1. The highest BCUT2D eigenvalue weighted by atomic mass is 35.5. The van der Waals surface area contributed by atoms with Crippen LogP contribution < -0.4 is 25.6 Å². The zero-order valence-electron chi connectivity index (χ0n) is 17.7. The lowest BCUT2D eigenvalue weighted by atomic mass is 9.84. The molecule has 2 saturated heterocycles. The van der Waals surface area contributed by atoms with Gasteiger partial charge in [0.25, 0.3) is 0 Å². The molecule has 4 heterocycles. The van der Waals surface area contributed by atoms with E-state index in [1.165, 1.54) is 4.31 Å². The smallest absolute Gasteiger partial charge is 0.240 e. The molecule has 3 aliphatic rings. The molecule has 32 heavy (non-hydrogen) atoms. The van der Waals surface area contributed by atoms with E-state index in [0.29, 0.717) is 43.2 Å². The van der Waals surface area contributed by atoms with Crippen molar-refractivity contribution in [2.75, 3.05) is 48.2 Å². The van der Waals surface area contributed by atoms with E-state index in [2.05, 4.69) is 20.5 Å². The molecule has 170 valence electrons. The number of nitrogens with one attached hydrogen (secondary N) is 2. The number of nitrogens with two attached hydrogens (primary N) is 1. The molecule has 0 radical (unpaired) electrons. The molecule has 1 spiro atoms. The topological polar surface area (TPSA) is 121 Å². The number of nitrogen functional groups attached to an aromatic ring is 1. The van der Waals surface area contributed by atoms with E-state index >= 15 is 0 Å². The molecule has 4 N–H and O–H groups in total. The number of aromatic nitrogens is 1. The van der Waals surface area contributed by atoms with Crippen molar-refractivity contribution in [3.8, 4) is 11.1 Å². The lowest BCUT2D eigenvalue weighted by Crippen LogP contribution is -2.66. The molecule has 2 aromatic rings. The summed E-state index contributed by atoms with van der Waals surface area (Å²) in [4.78, 5) is 18.9. The van der Waals surface area contributed by atoms with Crippen molar-refractivity contribution in [3.63, 3.8) is 0 Å². The van der Waals surface area contributed by atoms with Crippen LogP contribution in [-0.4, -0.2) is 58.1 Å². The van der Waals surface area contributed by atoms with Crippen LogP contribution in [0.15, 0.2) is 24.4 Å². The fraction of sp³-hybridized carbons (Fsp3) is 0.429. The largest absolute Gasteiger partial charge is 0.382 e. The number of benzene rings is 1. The number of piperazine rings is 1. The van der Waals surface area contributed by atoms with Gasteiger partial charge in [0.2, 0.25) is 15.9 Å². The number of piperidine rings is 1. The minimum absolute atomic E-state index is 0.0366. The van der Waals surface area contributed by atoms with Crippen LogP contribution in [0.1, 0.15) is 18.4 Å². The number of sulfonamides is 1. The summed E-state index contributed by atoms with van der Waals surface area (Å²) >= 11 is 6.65. The molecule has 9 nitrogen and oxygen atoms in total. The third-order valence-corrected chi connectivity index (χ3v) is 8.83. The van der Waals surface area contributed by atoms with E-state index in [0.717, 1.165) is 28.9 Å². The fourth-order valence-electron chi connectivity index (χ4n) is 4.87. The second-order valence-corrected chi connectivity index (χ2v) is 10.9. The third-order valence-electron chi connectivity index (χ3n) is 6.75. The first-order chi connectivity index (χ1) is 15.2. The molecule has 1 amide bonds. The lowest BCUT2D eigenvalue weighted by Gasteiger charge is -2.44. The number of rotatable bonds is 2. The lowest BCUT2D eigenvalue weighted by molar-refractivity contribution is -0.130. The summed E-state index contributed by atoms with van der Waals surface area (Å²) in [6.07, 6.45) is 2.97. The molecule has 0 unspecified atom stereocenters. The van der Waals surface area contributed by atoms with Crippen LogP contribution in [0.5, 0.6) is 0 Å². The Hall–Kier alpha value is -2.56. The van der Waals surface area contributed by atoms with Crippen LogP contribution in [0.4, 0.5) is 17.2 Å². The van der Waals surface area contributed by atoms with E-state index in [4.69, 9.17) is 17.3 Å². The van der Waals surface area contributed by atoms with Gasteiger partial charge in [0, 0.05) is 45.0 Å². The number of hydrogen-bond donors (Lipinski definition) is 3. The van der Waals surface area contributed by atoms with Gasteiger partial charge in [0.05, 0.1) is 17.1 Å². The average Bonchev–Trinajstić information content (AvgIpc) is 3.00. The van der Waals surface area contributed by atoms with Gasteiger partial charge in [0.15, 0.2) is 0 Å². The Labute approximate surface area is 192 Å². The van der Waals surface area contributed by atoms with Gasteiger partial charge in [-0.15, -0.1) is 0 Å². The van der Waals surface area contributed by atoms with E-state index in [-0.39, 0.29) is 17.5 Å². The first-order valence-corrected chi connectivity index (χ1v) is 12.5. The summed E-state index contributed by atoms with van der Waals surface area (Å²) in [5.41, 5.74) is 9.29. The predicted octanol–water partition coefficient (Wildman–Crippen LogP) is 1.32. The Kier molecular flexibility index (Phi) is 4.99.